The Kier molecular flexibility index (Phi) is 5.25. The maximum atomic E-state index is 12.4. The minimum absolute atomic E-state index is 0.0906. The highest BCUT2D eigenvalue weighted by Crippen LogP contribution is 2.15. The van der Waals surface area contributed by atoms with E-state index in [0.717, 1.165) is 28.5 Å². The number of H-pyrrole nitrogens is 1. The molecule has 0 unspecified atom stereocenters. The molecule has 0 aliphatic rings. The molecule has 0 saturated carbocycles. The number of hydrogen-bond acceptors (Lipinski definition) is 3. The van der Waals surface area contributed by atoms with E-state index in [0.29, 0.717) is 18.5 Å². The first-order valence-electron chi connectivity index (χ1n) is 8.60. The van der Waals surface area contributed by atoms with Gasteiger partial charge in [0.15, 0.2) is 0 Å². The van der Waals surface area contributed by atoms with Crippen molar-refractivity contribution in [1.82, 2.24) is 9.71 Å². The molecule has 2 N–H and O–H groups in total. The minimum atomic E-state index is -3.51. The van der Waals surface area contributed by atoms with Gasteiger partial charge in [0.2, 0.25) is 10.0 Å². The molecule has 1 aromatic heterocycles. The van der Waals surface area contributed by atoms with Gasteiger partial charge in [-0.15, -0.1) is 0 Å². The molecular formula is C20H22N2O3S. The first-order chi connectivity index (χ1) is 12.4. The second-order valence-corrected chi connectivity index (χ2v) is 8.12. The summed E-state index contributed by atoms with van der Waals surface area (Å²) in [4.78, 5) is 14.8. The first-order valence-corrected chi connectivity index (χ1v) is 10.1. The molecule has 2 aromatic carbocycles. The molecule has 6 heteroatoms. The second kappa shape index (κ2) is 7.43. The fraction of sp³-hybridized carbons (Fsp3) is 0.250. The largest absolute Gasteiger partial charge is 0.322 e. The second-order valence-electron chi connectivity index (χ2n) is 6.35. The zero-order valence-corrected chi connectivity index (χ0v) is 15.7. The van der Waals surface area contributed by atoms with Crippen molar-refractivity contribution in [1.29, 1.82) is 0 Å². The van der Waals surface area contributed by atoms with Crippen molar-refractivity contribution in [3.8, 4) is 0 Å². The lowest BCUT2D eigenvalue weighted by molar-refractivity contribution is 0.581. The third kappa shape index (κ3) is 4.03. The van der Waals surface area contributed by atoms with Gasteiger partial charge in [0, 0.05) is 17.6 Å². The highest BCUT2D eigenvalue weighted by Gasteiger charge is 2.13. The van der Waals surface area contributed by atoms with E-state index in [2.05, 4.69) is 9.71 Å². The van der Waals surface area contributed by atoms with Crippen LogP contribution in [-0.4, -0.2) is 19.9 Å². The number of aromatic amines is 1. The molecule has 0 aliphatic carbocycles. The molecule has 0 fully saturated rings. The number of benzene rings is 2. The summed E-state index contributed by atoms with van der Waals surface area (Å²) < 4.78 is 27.4. The molecule has 0 bridgehead atoms. The lowest BCUT2D eigenvalue weighted by Crippen LogP contribution is -2.26. The van der Waals surface area contributed by atoms with Crippen LogP contribution >= 0.6 is 0 Å². The van der Waals surface area contributed by atoms with Gasteiger partial charge in [-0.2, -0.15) is 0 Å². The molecular weight excluding hydrogens is 348 g/mol. The van der Waals surface area contributed by atoms with Crippen LogP contribution in [0.3, 0.4) is 0 Å². The van der Waals surface area contributed by atoms with Gasteiger partial charge >= 0.3 is 0 Å². The molecule has 0 amide bonds. The van der Waals surface area contributed by atoms with Crippen LogP contribution in [0.4, 0.5) is 0 Å². The SMILES string of the molecule is CCc1ccc(S(=O)(=O)NCCc2ccc3[nH]c(=O)c(C)cc3c2)cc1. The van der Waals surface area contributed by atoms with Gasteiger partial charge in [0.1, 0.15) is 0 Å². The summed E-state index contributed by atoms with van der Waals surface area (Å²) in [7, 11) is -3.51. The average molecular weight is 370 g/mol. The normalized spacial score (nSPS) is 11.8. The number of aromatic nitrogens is 1. The molecule has 0 spiro atoms. The van der Waals surface area contributed by atoms with Crippen LogP contribution in [0.15, 0.2) is 58.2 Å². The number of pyridine rings is 1. The molecule has 3 rings (SSSR count). The van der Waals surface area contributed by atoms with E-state index in [1.54, 1.807) is 19.1 Å². The maximum Gasteiger partial charge on any atom is 0.251 e. The van der Waals surface area contributed by atoms with Crippen molar-refractivity contribution in [2.45, 2.75) is 31.6 Å². The van der Waals surface area contributed by atoms with Gasteiger partial charge in [-0.3, -0.25) is 4.79 Å². The quantitative estimate of drug-likeness (QED) is 0.700. The predicted molar refractivity (Wildman–Crippen MR) is 104 cm³/mol. The predicted octanol–water partition coefficient (Wildman–Crippen LogP) is 2.92. The van der Waals surface area contributed by atoms with Crippen molar-refractivity contribution < 1.29 is 8.42 Å². The maximum absolute atomic E-state index is 12.4. The fourth-order valence-electron chi connectivity index (χ4n) is 2.84. The molecule has 26 heavy (non-hydrogen) atoms. The van der Waals surface area contributed by atoms with E-state index in [1.165, 1.54) is 0 Å². The number of aryl methyl sites for hydroxylation is 2. The number of rotatable bonds is 6. The summed E-state index contributed by atoms with van der Waals surface area (Å²) in [5, 5.41) is 0.942. The Balaban J connectivity index is 1.69. The van der Waals surface area contributed by atoms with Gasteiger partial charge in [-0.05, 0) is 66.6 Å². The Labute approximate surface area is 153 Å². The molecule has 5 nitrogen and oxygen atoms in total. The third-order valence-corrected chi connectivity index (χ3v) is 5.92. The van der Waals surface area contributed by atoms with Crippen LogP contribution in [-0.2, 0) is 22.9 Å². The van der Waals surface area contributed by atoms with Crippen molar-refractivity contribution in [2.24, 2.45) is 0 Å². The van der Waals surface area contributed by atoms with Gasteiger partial charge < -0.3 is 4.98 Å². The molecule has 0 saturated heterocycles. The molecule has 0 radical (unpaired) electrons. The highest BCUT2D eigenvalue weighted by molar-refractivity contribution is 7.89. The van der Waals surface area contributed by atoms with Crippen LogP contribution in [0.5, 0.6) is 0 Å². The van der Waals surface area contributed by atoms with Gasteiger partial charge in [0.05, 0.1) is 4.90 Å². The number of nitrogens with one attached hydrogen (secondary N) is 2. The zero-order valence-electron chi connectivity index (χ0n) is 14.9. The van der Waals surface area contributed by atoms with Crippen molar-refractivity contribution in [3.05, 3.63) is 75.6 Å². The summed E-state index contributed by atoms with van der Waals surface area (Å²) in [5.74, 6) is 0. The molecule has 1 heterocycles. The highest BCUT2D eigenvalue weighted by atomic mass is 32.2. The summed E-state index contributed by atoms with van der Waals surface area (Å²) in [6.07, 6.45) is 1.45. The Morgan fingerprint density at radius 3 is 2.38 bits per heavy atom. The van der Waals surface area contributed by atoms with E-state index in [1.807, 2.05) is 43.3 Å². The molecule has 136 valence electrons. The fourth-order valence-corrected chi connectivity index (χ4v) is 3.87. The van der Waals surface area contributed by atoms with Crippen molar-refractivity contribution in [2.75, 3.05) is 6.54 Å². The Hall–Kier alpha value is -2.44. The minimum Gasteiger partial charge on any atom is -0.322 e. The van der Waals surface area contributed by atoms with Gasteiger partial charge in [-0.25, -0.2) is 13.1 Å². The van der Waals surface area contributed by atoms with E-state index in [9.17, 15) is 13.2 Å². The Bertz CT molecular complexity index is 1080. The molecule has 0 aliphatic heterocycles. The van der Waals surface area contributed by atoms with Gasteiger partial charge in [-0.1, -0.05) is 25.1 Å². The van der Waals surface area contributed by atoms with E-state index < -0.39 is 10.0 Å². The number of fused-ring (bicyclic) bond motifs is 1. The lowest BCUT2D eigenvalue weighted by atomic mass is 10.1. The monoisotopic (exact) mass is 370 g/mol. The molecule has 0 atom stereocenters. The number of sulfonamides is 1. The molecule has 3 aromatic rings. The van der Waals surface area contributed by atoms with Crippen LogP contribution in [0, 0.1) is 6.92 Å². The first kappa shape index (κ1) is 18.4. The van der Waals surface area contributed by atoms with Crippen molar-refractivity contribution >= 4 is 20.9 Å². The van der Waals surface area contributed by atoms with E-state index in [-0.39, 0.29) is 10.5 Å². The third-order valence-electron chi connectivity index (χ3n) is 4.44. The average Bonchev–Trinajstić information content (AvgIpc) is 2.63. The standard InChI is InChI=1S/C20H22N2O3S/c1-3-15-4-7-18(8-5-15)26(24,25)21-11-10-16-6-9-19-17(13-16)12-14(2)20(23)22-19/h4-9,12-13,21H,3,10-11H2,1-2H3,(H,22,23). The lowest BCUT2D eigenvalue weighted by Gasteiger charge is -2.08. The summed E-state index contributed by atoms with van der Waals surface area (Å²) >= 11 is 0. The van der Waals surface area contributed by atoms with Gasteiger partial charge in [0.25, 0.3) is 5.56 Å². The smallest absolute Gasteiger partial charge is 0.251 e. The van der Waals surface area contributed by atoms with E-state index in [4.69, 9.17) is 0 Å². The summed E-state index contributed by atoms with van der Waals surface area (Å²) in [6, 6.07) is 14.5. The van der Waals surface area contributed by atoms with Crippen LogP contribution in [0.2, 0.25) is 0 Å². The summed E-state index contributed by atoms with van der Waals surface area (Å²) in [6.45, 7) is 4.11. The van der Waals surface area contributed by atoms with Crippen molar-refractivity contribution in [3.63, 3.8) is 0 Å². The van der Waals surface area contributed by atoms with E-state index >= 15 is 0 Å². The Morgan fingerprint density at radius 1 is 1.00 bits per heavy atom. The zero-order chi connectivity index (χ0) is 18.7. The number of hydrogen-bond donors (Lipinski definition) is 2. The summed E-state index contributed by atoms with van der Waals surface area (Å²) in [5.41, 5.74) is 3.46. The topological polar surface area (TPSA) is 79.0 Å². The Morgan fingerprint density at radius 2 is 1.69 bits per heavy atom. The van der Waals surface area contributed by atoms with Crippen LogP contribution < -0.4 is 10.3 Å². The van der Waals surface area contributed by atoms with Crippen LogP contribution in [0.25, 0.3) is 10.9 Å². The van der Waals surface area contributed by atoms with Crippen LogP contribution in [0.1, 0.15) is 23.6 Å².